The molecule has 0 spiro atoms. The minimum Gasteiger partial charge on any atom is -0.548 e. The van der Waals surface area contributed by atoms with Crippen LogP contribution in [0.2, 0.25) is 0 Å². The summed E-state index contributed by atoms with van der Waals surface area (Å²) in [6.07, 6.45) is 0. The summed E-state index contributed by atoms with van der Waals surface area (Å²) in [6.45, 7) is 3.63. The standard InChI is InChI=1S/C8H12N2O3S/c1-8(2)4(7(12)13)10-5(11)3(9)6(10)14-8/h3-4,6H,9H2,1-2H3,(H,12,13)/t3-,4-,6-/m0/s1. The number of amides is 1. The van der Waals surface area contributed by atoms with E-state index in [-0.39, 0.29) is 17.3 Å². The number of fused-ring (bicyclic) bond motifs is 1. The maximum atomic E-state index is 11.4. The molecule has 6 heteroatoms. The molecule has 2 saturated heterocycles. The van der Waals surface area contributed by atoms with Crippen LogP contribution in [0.5, 0.6) is 0 Å². The Balaban J connectivity index is 2.32. The number of carbonyl (C=O) groups is 2. The van der Waals surface area contributed by atoms with Crippen molar-refractivity contribution in [2.45, 2.75) is 36.1 Å². The number of hydrogen-bond donors (Lipinski definition) is 1. The van der Waals surface area contributed by atoms with Crippen molar-refractivity contribution >= 4 is 23.6 Å². The Morgan fingerprint density at radius 3 is 2.71 bits per heavy atom. The molecule has 2 fully saturated rings. The Kier molecular flexibility index (Phi) is 1.84. The van der Waals surface area contributed by atoms with E-state index >= 15 is 0 Å². The molecule has 2 aliphatic rings. The lowest BCUT2D eigenvalue weighted by atomic mass is 9.96. The molecule has 2 rings (SSSR count). The van der Waals surface area contributed by atoms with Crippen LogP contribution < -0.4 is 10.8 Å². The van der Waals surface area contributed by atoms with Gasteiger partial charge in [0.1, 0.15) is 5.37 Å². The molecule has 1 amide bonds. The quantitative estimate of drug-likeness (QED) is 0.487. The number of nitrogens with zero attached hydrogens (tertiary/aromatic N) is 1. The molecule has 0 bridgehead atoms. The molecule has 3 N–H and O–H groups in total. The zero-order valence-corrected chi connectivity index (χ0v) is 8.84. The summed E-state index contributed by atoms with van der Waals surface area (Å²) in [5.74, 6) is -1.35. The zero-order valence-electron chi connectivity index (χ0n) is 8.02. The molecule has 78 valence electrons. The van der Waals surface area contributed by atoms with Crippen molar-refractivity contribution in [3.8, 4) is 0 Å². The monoisotopic (exact) mass is 216 g/mol. The molecule has 2 heterocycles. The summed E-state index contributed by atoms with van der Waals surface area (Å²) in [7, 11) is 0. The minimum atomic E-state index is -1.18. The van der Waals surface area contributed by atoms with E-state index in [4.69, 9.17) is 0 Å². The third-order valence-electron chi connectivity index (χ3n) is 2.77. The van der Waals surface area contributed by atoms with Gasteiger partial charge in [0, 0.05) is 4.75 Å². The van der Waals surface area contributed by atoms with Crippen LogP contribution in [0.4, 0.5) is 0 Å². The van der Waals surface area contributed by atoms with Gasteiger partial charge in [-0.1, -0.05) is 0 Å². The lowest BCUT2D eigenvalue weighted by molar-refractivity contribution is -0.426. The van der Waals surface area contributed by atoms with Crippen LogP contribution in [-0.4, -0.2) is 39.0 Å². The highest BCUT2D eigenvalue weighted by molar-refractivity contribution is 8.01. The predicted molar refractivity (Wildman–Crippen MR) is 47.8 cm³/mol. The van der Waals surface area contributed by atoms with E-state index in [1.165, 1.54) is 16.7 Å². The number of β-lactam (4-membered cyclic amide) rings is 1. The van der Waals surface area contributed by atoms with E-state index in [1.54, 1.807) is 0 Å². The van der Waals surface area contributed by atoms with E-state index in [0.717, 1.165) is 0 Å². The molecular weight excluding hydrogens is 204 g/mol. The molecule has 5 nitrogen and oxygen atoms in total. The third kappa shape index (κ3) is 1.01. The molecule has 0 saturated carbocycles. The van der Waals surface area contributed by atoms with Crippen LogP contribution in [0.3, 0.4) is 0 Å². The first-order valence-corrected chi connectivity index (χ1v) is 5.28. The highest BCUT2D eigenvalue weighted by atomic mass is 32.2. The Bertz CT molecular complexity index is 318. The largest absolute Gasteiger partial charge is 0.548 e. The van der Waals surface area contributed by atoms with Crippen molar-refractivity contribution in [3.63, 3.8) is 0 Å². The highest BCUT2D eigenvalue weighted by Crippen LogP contribution is 2.49. The van der Waals surface area contributed by atoms with Gasteiger partial charge in [0.25, 0.3) is 5.91 Å². The van der Waals surface area contributed by atoms with Crippen LogP contribution in [-0.2, 0) is 9.59 Å². The molecule has 14 heavy (non-hydrogen) atoms. The van der Waals surface area contributed by atoms with Crippen molar-refractivity contribution in [2.75, 3.05) is 0 Å². The zero-order chi connectivity index (χ0) is 10.7. The number of thioether (sulfide) groups is 1. The van der Waals surface area contributed by atoms with Crippen molar-refractivity contribution < 1.29 is 20.4 Å². The van der Waals surface area contributed by atoms with Gasteiger partial charge in [0.05, 0.1) is 12.0 Å². The number of carbonyl (C=O) groups excluding carboxylic acids is 2. The second-order valence-corrected chi connectivity index (χ2v) is 5.96. The van der Waals surface area contributed by atoms with Crippen LogP contribution in [0.15, 0.2) is 0 Å². The smallest absolute Gasteiger partial charge is 0.285 e. The lowest BCUT2D eigenvalue weighted by Crippen LogP contribution is -2.83. The lowest BCUT2D eigenvalue weighted by Gasteiger charge is -2.40. The van der Waals surface area contributed by atoms with Gasteiger partial charge in [-0.2, -0.15) is 0 Å². The average molecular weight is 216 g/mol. The Hall–Kier alpha value is -0.750. The van der Waals surface area contributed by atoms with E-state index in [0.29, 0.717) is 0 Å². The van der Waals surface area contributed by atoms with Crippen LogP contribution in [0.25, 0.3) is 0 Å². The fourth-order valence-electron chi connectivity index (χ4n) is 2.07. The summed E-state index contributed by atoms with van der Waals surface area (Å²) in [4.78, 5) is 23.7. The van der Waals surface area contributed by atoms with Crippen molar-refractivity contribution in [1.29, 1.82) is 0 Å². The van der Waals surface area contributed by atoms with Gasteiger partial charge in [0.15, 0.2) is 6.04 Å². The van der Waals surface area contributed by atoms with E-state index in [9.17, 15) is 14.7 Å². The Morgan fingerprint density at radius 1 is 1.64 bits per heavy atom. The third-order valence-corrected chi connectivity index (χ3v) is 4.40. The fraction of sp³-hybridized carbons (Fsp3) is 0.750. The van der Waals surface area contributed by atoms with Gasteiger partial charge in [-0.25, -0.2) is 0 Å². The summed E-state index contributed by atoms with van der Waals surface area (Å²) < 4.78 is -0.481. The molecule has 2 aliphatic heterocycles. The van der Waals surface area contributed by atoms with Crippen molar-refractivity contribution in [1.82, 2.24) is 4.90 Å². The van der Waals surface area contributed by atoms with E-state index < -0.39 is 16.8 Å². The van der Waals surface area contributed by atoms with Crippen LogP contribution >= 0.6 is 11.8 Å². The van der Waals surface area contributed by atoms with Crippen molar-refractivity contribution in [3.05, 3.63) is 0 Å². The minimum absolute atomic E-state index is 0.0830. The molecule has 0 aromatic heterocycles. The van der Waals surface area contributed by atoms with Gasteiger partial charge < -0.3 is 20.5 Å². The Morgan fingerprint density at radius 2 is 2.21 bits per heavy atom. The Labute approximate surface area is 85.6 Å². The molecule has 0 aliphatic carbocycles. The van der Waals surface area contributed by atoms with Gasteiger partial charge in [-0.15, -0.1) is 11.8 Å². The highest BCUT2D eigenvalue weighted by Gasteiger charge is 2.62. The number of quaternary nitrogens is 1. The summed E-state index contributed by atoms with van der Waals surface area (Å²) in [5, 5.41) is 10.8. The maximum Gasteiger partial charge on any atom is 0.285 e. The van der Waals surface area contributed by atoms with Crippen LogP contribution in [0, 0.1) is 0 Å². The molecule has 0 aromatic carbocycles. The molecule has 0 aromatic rings. The number of rotatable bonds is 1. The fourth-order valence-corrected chi connectivity index (χ4v) is 3.65. The number of carboxylic acid groups (broad SMARTS) is 1. The van der Waals surface area contributed by atoms with Gasteiger partial charge >= 0.3 is 0 Å². The second-order valence-electron chi connectivity index (χ2n) is 4.19. The predicted octanol–water partition coefficient (Wildman–Crippen LogP) is -2.59. The first kappa shape index (κ1) is 9.79. The normalized spacial score (nSPS) is 39.2. The maximum absolute atomic E-state index is 11.4. The second kappa shape index (κ2) is 2.64. The molecular formula is C8H12N2O3S. The average Bonchev–Trinajstić information content (AvgIpc) is 2.34. The number of aliphatic carboxylic acids is 1. The number of carboxylic acids is 1. The summed E-state index contributed by atoms with van der Waals surface area (Å²) in [6, 6.07) is -1.12. The first-order chi connectivity index (χ1) is 6.36. The van der Waals surface area contributed by atoms with E-state index in [2.05, 4.69) is 5.73 Å². The van der Waals surface area contributed by atoms with E-state index in [1.807, 2.05) is 13.8 Å². The van der Waals surface area contributed by atoms with Gasteiger partial charge in [0.2, 0.25) is 0 Å². The molecule has 0 unspecified atom stereocenters. The van der Waals surface area contributed by atoms with Gasteiger partial charge in [-0.05, 0) is 13.8 Å². The molecule has 0 radical (unpaired) electrons. The molecule has 3 atom stereocenters. The van der Waals surface area contributed by atoms with Crippen molar-refractivity contribution in [2.24, 2.45) is 0 Å². The summed E-state index contributed by atoms with van der Waals surface area (Å²) in [5.41, 5.74) is 3.70. The SMILES string of the molecule is CC1(C)S[C@H]2[C@@H]([NH3+])C(=O)N2[C@H]1C(=O)[O-]. The summed E-state index contributed by atoms with van der Waals surface area (Å²) >= 11 is 1.49. The topological polar surface area (TPSA) is 88.1 Å². The number of hydrogen-bond acceptors (Lipinski definition) is 4. The van der Waals surface area contributed by atoms with Crippen LogP contribution in [0.1, 0.15) is 13.8 Å². The first-order valence-electron chi connectivity index (χ1n) is 4.40. The van der Waals surface area contributed by atoms with Gasteiger partial charge in [-0.3, -0.25) is 4.79 Å².